The van der Waals surface area contributed by atoms with Gasteiger partial charge in [0, 0.05) is 63.1 Å². The number of aromatic nitrogens is 1. The number of benzene rings is 2. The molecule has 3 heterocycles. The van der Waals surface area contributed by atoms with Gasteiger partial charge in [-0.25, -0.2) is 4.98 Å². The van der Waals surface area contributed by atoms with Crippen molar-refractivity contribution < 1.29 is 9.72 Å². The molecule has 3 aromatic rings. The number of anilines is 1. The Bertz CT molecular complexity index is 1430. The van der Waals surface area contributed by atoms with E-state index in [4.69, 9.17) is 34.8 Å². The lowest BCUT2D eigenvalue weighted by Crippen LogP contribution is -2.57. The third kappa shape index (κ3) is 7.33. The van der Waals surface area contributed by atoms with Crippen LogP contribution in [0.4, 0.5) is 11.5 Å². The summed E-state index contributed by atoms with van der Waals surface area (Å²) in [5, 5.41) is 15.1. The summed E-state index contributed by atoms with van der Waals surface area (Å²) in [6.45, 7) is 7.94. The molecule has 42 heavy (non-hydrogen) atoms. The van der Waals surface area contributed by atoms with E-state index < -0.39 is 0 Å². The van der Waals surface area contributed by atoms with E-state index in [-0.39, 0.29) is 22.6 Å². The molecule has 1 atom stereocenters. The topological polar surface area (TPSA) is 94.8 Å². The Balaban J connectivity index is 1.11. The number of hydrogen-bond acceptors (Lipinski definition) is 7. The van der Waals surface area contributed by atoms with Crippen molar-refractivity contribution >= 4 is 52.2 Å². The molecule has 0 radical (unpaired) electrons. The first-order valence-corrected chi connectivity index (χ1v) is 15.2. The smallest absolute Gasteiger partial charge is 0.269 e. The minimum Gasteiger partial charge on any atom is -0.350 e. The van der Waals surface area contributed by atoms with E-state index in [2.05, 4.69) is 31.9 Å². The number of amides is 1. The average molecular weight is 632 g/mol. The Kier molecular flexibility index (Phi) is 9.85. The fraction of sp³-hybridized carbons (Fsp3) is 0.400. The fourth-order valence-corrected chi connectivity index (χ4v) is 6.35. The standard InChI is InChI=1S/C30H33Cl3N6O3/c1-20-18-37(24-8-10-36(11-9-24)19-21-2-5-25(6-3-21)39(41)42)12-13-38(20)29-28(33)15-23(17-34-29)30(40)35-16-22-4-7-26(31)27(32)14-22/h2-7,14-15,17,20,24H,8-13,16,18-19H2,1H3,(H,35,40)/t20-/m1/s1. The number of nitro groups is 1. The number of nitro benzene ring substituents is 1. The highest BCUT2D eigenvalue weighted by Gasteiger charge is 2.32. The van der Waals surface area contributed by atoms with Crippen LogP contribution >= 0.6 is 34.8 Å². The summed E-state index contributed by atoms with van der Waals surface area (Å²) in [5.74, 6) is 0.433. The minimum atomic E-state index is -0.365. The van der Waals surface area contributed by atoms with Gasteiger partial charge in [0.1, 0.15) is 5.82 Å². The minimum absolute atomic E-state index is 0.125. The van der Waals surface area contributed by atoms with Crippen LogP contribution in [-0.4, -0.2) is 70.4 Å². The average Bonchev–Trinajstić information content (AvgIpc) is 2.98. The predicted molar refractivity (Wildman–Crippen MR) is 167 cm³/mol. The zero-order valence-corrected chi connectivity index (χ0v) is 25.6. The molecule has 5 rings (SSSR count). The molecular formula is C30H33Cl3N6O3. The Morgan fingerprint density at radius 2 is 1.69 bits per heavy atom. The molecule has 0 aliphatic carbocycles. The van der Waals surface area contributed by atoms with Crippen LogP contribution in [0, 0.1) is 10.1 Å². The van der Waals surface area contributed by atoms with Gasteiger partial charge in [0.2, 0.25) is 0 Å². The lowest BCUT2D eigenvalue weighted by Gasteiger charge is -2.46. The lowest BCUT2D eigenvalue weighted by atomic mass is 10.00. The summed E-state index contributed by atoms with van der Waals surface area (Å²) in [6, 6.07) is 14.5. The molecule has 2 aromatic carbocycles. The van der Waals surface area contributed by atoms with Crippen LogP contribution in [0.2, 0.25) is 15.1 Å². The summed E-state index contributed by atoms with van der Waals surface area (Å²) >= 11 is 18.7. The maximum absolute atomic E-state index is 12.7. The summed E-state index contributed by atoms with van der Waals surface area (Å²) < 4.78 is 0. The summed E-state index contributed by atoms with van der Waals surface area (Å²) in [7, 11) is 0. The number of carbonyl (C=O) groups excluding carboxylic acids is 1. The molecule has 0 bridgehead atoms. The number of hydrogen-bond donors (Lipinski definition) is 1. The van der Waals surface area contributed by atoms with E-state index in [9.17, 15) is 14.9 Å². The highest BCUT2D eigenvalue weighted by molar-refractivity contribution is 6.42. The van der Waals surface area contributed by atoms with Gasteiger partial charge in [-0.3, -0.25) is 24.7 Å². The van der Waals surface area contributed by atoms with Crippen molar-refractivity contribution in [3.63, 3.8) is 0 Å². The molecule has 0 spiro atoms. The van der Waals surface area contributed by atoms with E-state index >= 15 is 0 Å². The molecular weight excluding hydrogens is 599 g/mol. The van der Waals surface area contributed by atoms with Gasteiger partial charge >= 0.3 is 0 Å². The van der Waals surface area contributed by atoms with Crippen LogP contribution < -0.4 is 10.2 Å². The van der Waals surface area contributed by atoms with Gasteiger partial charge in [0.05, 0.1) is 25.6 Å². The van der Waals surface area contributed by atoms with Crippen molar-refractivity contribution in [2.45, 2.75) is 44.9 Å². The monoisotopic (exact) mass is 630 g/mol. The van der Waals surface area contributed by atoms with Gasteiger partial charge < -0.3 is 10.2 Å². The van der Waals surface area contributed by atoms with E-state index in [0.717, 1.165) is 63.2 Å². The summed E-state index contributed by atoms with van der Waals surface area (Å²) in [6.07, 6.45) is 3.75. The Morgan fingerprint density at radius 3 is 2.33 bits per heavy atom. The number of non-ortho nitro benzene ring substituents is 1. The molecule has 222 valence electrons. The van der Waals surface area contributed by atoms with Crippen molar-refractivity contribution in [3.05, 3.63) is 96.6 Å². The second kappa shape index (κ2) is 13.6. The molecule has 1 N–H and O–H groups in total. The first-order chi connectivity index (χ1) is 20.2. The number of piperidine rings is 1. The Labute approximate surface area is 260 Å². The van der Waals surface area contributed by atoms with Gasteiger partial charge in [-0.15, -0.1) is 0 Å². The second-order valence-electron chi connectivity index (χ2n) is 10.9. The zero-order valence-electron chi connectivity index (χ0n) is 23.3. The third-order valence-electron chi connectivity index (χ3n) is 8.08. The lowest BCUT2D eigenvalue weighted by molar-refractivity contribution is -0.384. The SMILES string of the molecule is C[C@@H]1CN(C2CCN(Cc3ccc([N+](=O)[O-])cc3)CC2)CCN1c1ncc(C(=O)NCc2ccc(Cl)c(Cl)c2)cc1Cl. The molecule has 2 fully saturated rings. The number of nitrogens with one attached hydrogen (secondary N) is 1. The third-order valence-corrected chi connectivity index (χ3v) is 9.10. The summed E-state index contributed by atoms with van der Waals surface area (Å²) in [4.78, 5) is 35.1. The van der Waals surface area contributed by atoms with Crippen molar-refractivity contribution in [2.24, 2.45) is 0 Å². The van der Waals surface area contributed by atoms with Crippen LogP contribution in [-0.2, 0) is 13.1 Å². The maximum Gasteiger partial charge on any atom is 0.269 e. The van der Waals surface area contributed by atoms with Crippen LogP contribution in [0.5, 0.6) is 0 Å². The second-order valence-corrected chi connectivity index (χ2v) is 12.2. The Morgan fingerprint density at radius 1 is 0.976 bits per heavy atom. The highest BCUT2D eigenvalue weighted by Crippen LogP contribution is 2.30. The van der Waals surface area contributed by atoms with E-state index in [1.165, 1.54) is 0 Å². The molecule has 1 amide bonds. The number of likely N-dealkylation sites (tertiary alicyclic amines) is 1. The van der Waals surface area contributed by atoms with Gasteiger partial charge in [-0.1, -0.05) is 53.0 Å². The quantitative estimate of drug-likeness (QED) is 0.239. The van der Waals surface area contributed by atoms with Crippen LogP contribution in [0.1, 0.15) is 41.3 Å². The normalized spacial score (nSPS) is 18.7. The van der Waals surface area contributed by atoms with E-state index in [0.29, 0.717) is 39.0 Å². The molecule has 2 aliphatic heterocycles. The van der Waals surface area contributed by atoms with Crippen molar-refractivity contribution in [1.29, 1.82) is 0 Å². The van der Waals surface area contributed by atoms with Crippen molar-refractivity contribution in [2.75, 3.05) is 37.6 Å². The van der Waals surface area contributed by atoms with Gasteiger partial charge in [-0.2, -0.15) is 0 Å². The van der Waals surface area contributed by atoms with Crippen molar-refractivity contribution in [3.8, 4) is 0 Å². The first-order valence-electron chi connectivity index (χ1n) is 14.0. The number of halogens is 3. The molecule has 0 unspecified atom stereocenters. The largest absolute Gasteiger partial charge is 0.350 e. The van der Waals surface area contributed by atoms with Crippen LogP contribution in [0.25, 0.3) is 0 Å². The zero-order chi connectivity index (χ0) is 29.8. The molecule has 1 aromatic heterocycles. The number of nitrogens with zero attached hydrogens (tertiary/aromatic N) is 5. The maximum atomic E-state index is 12.7. The van der Waals surface area contributed by atoms with Crippen LogP contribution in [0.3, 0.4) is 0 Å². The number of carbonyl (C=O) groups is 1. The number of rotatable bonds is 8. The van der Waals surface area contributed by atoms with Gasteiger partial charge in [0.15, 0.2) is 0 Å². The molecule has 2 saturated heterocycles. The summed E-state index contributed by atoms with van der Waals surface area (Å²) in [5.41, 5.74) is 2.46. The fourth-order valence-electron chi connectivity index (χ4n) is 5.76. The van der Waals surface area contributed by atoms with Gasteiger partial charge in [0.25, 0.3) is 11.6 Å². The Hall–Kier alpha value is -2.95. The first kappa shape index (κ1) is 30.5. The molecule has 12 heteroatoms. The predicted octanol–water partition coefficient (Wildman–Crippen LogP) is 6.06. The van der Waals surface area contributed by atoms with Crippen molar-refractivity contribution in [1.82, 2.24) is 20.1 Å². The van der Waals surface area contributed by atoms with Crippen LogP contribution in [0.15, 0.2) is 54.7 Å². The molecule has 0 saturated carbocycles. The highest BCUT2D eigenvalue weighted by atomic mass is 35.5. The number of piperazine rings is 1. The molecule has 9 nitrogen and oxygen atoms in total. The molecule has 2 aliphatic rings. The van der Waals surface area contributed by atoms with E-state index in [1.54, 1.807) is 36.5 Å². The number of pyridine rings is 1. The van der Waals surface area contributed by atoms with E-state index in [1.807, 2.05) is 18.2 Å². The van der Waals surface area contributed by atoms with Gasteiger partial charge in [-0.05, 0) is 62.2 Å².